The van der Waals surface area contributed by atoms with E-state index < -0.39 is 0 Å². The van der Waals surface area contributed by atoms with Gasteiger partial charge in [-0.05, 0) is 31.9 Å². The molecule has 1 aromatic heterocycles. The van der Waals surface area contributed by atoms with Crippen LogP contribution in [0.5, 0.6) is 0 Å². The van der Waals surface area contributed by atoms with E-state index in [9.17, 15) is 4.79 Å². The molecule has 2 aromatic rings. The van der Waals surface area contributed by atoms with E-state index in [0.29, 0.717) is 18.2 Å². The maximum atomic E-state index is 11.9. The van der Waals surface area contributed by atoms with Gasteiger partial charge < -0.3 is 14.8 Å². The minimum atomic E-state index is -0.0899. The lowest BCUT2D eigenvalue weighted by Crippen LogP contribution is -2.38. The van der Waals surface area contributed by atoms with Crippen LogP contribution in [0, 0.1) is 12.8 Å². The molecule has 6 nitrogen and oxygen atoms in total. The molecule has 2 rings (SSSR count). The molecule has 0 saturated heterocycles. The first-order chi connectivity index (χ1) is 11.0. The van der Waals surface area contributed by atoms with Crippen molar-refractivity contribution in [1.82, 2.24) is 15.5 Å². The lowest BCUT2D eigenvalue weighted by molar-refractivity contribution is -0.122. The van der Waals surface area contributed by atoms with Gasteiger partial charge in [0.05, 0.1) is 0 Å². The van der Waals surface area contributed by atoms with E-state index in [1.54, 1.807) is 0 Å². The van der Waals surface area contributed by atoms with Gasteiger partial charge in [0.2, 0.25) is 17.7 Å². The average Bonchev–Trinajstić information content (AvgIpc) is 3.01. The van der Waals surface area contributed by atoms with E-state index in [1.165, 1.54) is 0 Å². The molecule has 1 amide bonds. The van der Waals surface area contributed by atoms with Gasteiger partial charge in [0, 0.05) is 31.1 Å². The van der Waals surface area contributed by atoms with Crippen molar-refractivity contribution in [3.63, 3.8) is 0 Å². The van der Waals surface area contributed by atoms with Crippen molar-refractivity contribution in [2.75, 3.05) is 6.61 Å². The van der Waals surface area contributed by atoms with Crippen LogP contribution in [0.25, 0.3) is 11.5 Å². The maximum absolute atomic E-state index is 11.9. The second kappa shape index (κ2) is 7.87. The molecular weight excluding hydrogens is 294 g/mol. The molecule has 0 spiro atoms. The first kappa shape index (κ1) is 17.1. The van der Waals surface area contributed by atoms with Gasteiger partial charge in [-0.15, -0.1) is 10.2 Å². The lowest BCUT2D eigenvalue weighted by atomic mass is 10.1. The second-order valence-electron chi connectivity index (χ2n) is 5.88. The van der Waals surface area contributed by atoms with E-state index in [-0.39, 0.29) is 30.9 Å². The smallest absolute Gasteiger partial charge is 0.247 e. The topological polar surface area (TPSA) is 88.2 Å². The van der Waals surface area contributed by atoms with Crippen LogP contribution in [0.3, 0.4) is 0 Å². The Morgan fingerprint density at radius 2 is 1.96 bits per heavy atom. The molecule has 2 unspecified atom stereocenters. The Bertz CT molecular complexity index is 637. The Labute approximate surface area is 135 Å². The molecule has 0 fully saturated rings. The van der Waals surface area contributed by atoms with Crippen molar-refractivity contribution in [1.29, 1.82) is 0 Å². The number of aryl methyl sites for hydroxylation is 2. The Hall–Kier alpha value is -2.21. The molecule has 0 bridgehead atoms. The number of nitrogens with zero attached hydrogens (tertiary/aromatic N) is 2. The van der Waals surface area contributed by atoms with Crippen molar-refractivity contribution in [3.05, 3.63) is 35.7 Å². The highest BCUT2D eigenvalue weighted by Gasteiger charge is 2.15. The summed E-state index contributed by atoms with van der Waals surface area (Å²) in [4.78, 5) is 11.9. The summed E-state index contributed by atoms with van der Waals surface area (Å²) < 4.78 is 5.59. The number of hydrogen-bond donors (Lipinski definition) is 2. The molecule has 124 valence electrons. The quantitative estimate of drug-likeness (QED) is 0.816. The molecule has 1 aromatic carbocycles. The lowest BCUT2D eigenvalue weighted by Gasteiger charge is -2.18. The highest BCUT2D eigenvalue weighted by Crippen LogP contribution is 2.18. The summed E-state index contributed by atoms with van der Waals surface area (Å²) >= 11 is 0. The molecule has 0 aliphatic heterocycles. The third-order valence-corrected chi connectivity index (χ3v) is 3.86. The predicted molar refractivity (Wildman–Crippen MR) is 86.6 cm³/mol. The number of hydrogen-bond acceptors (Lipinski definition) is 5. The fraction of sp³-hybridized carbons (Fsp3) is 0.471. The number of rotatable bonds is 7. The minimum Gasteiger partial charge on any atom is -0.421 e. The Morgan fingerprint density at radius 1 is 1.26 bits per heavy atom. The average molecular weight is 317 g/mol. The van der Waals surface area contributed by atoms with E-state index in [2.05, 4.69) is 15.5 Å². The molecule has 0 aliphatic rings. The summed E-state index contributed by atoms with van der Waals surface area (Å²) in [5.74, 6) is 0.838. The Kier molecular flexibility index (Phi) is 5.87. The third-order valence-electron chi connectivity index (χ3n) is 3.86. The first-order valence-electron chi connectivity index (χ1n) is 7.79. The minimum absolute atomic E-state index is 0.0236. The number of aromatic nitrogens is 2. The zero-order valence-electron chi connectivity index (χ0n) is 13.7. The zero-order valence-corrected chi connectivity index (χ0v) is 13.7. The van der Waals surface area contributed by atoms with Gasteiger partial charge in [-0.3, -0.25) is 4.79 Å². The van der Waals surface area contributed by atoms with Crippen molar-refractivity contribution in [2.24, 2.45) is 5.92 Å². The van der Waals surface area contributed by atoms with Gasteiger partial charge in [0.15, 0.2) is 0 Å². The van der Waals surface area contributed by atoms with Crippen LogP contribution in [0.4, 0.5) is 0 Å². The number of carbonyl (C=O) groups is 1. The van der Waals surface area contributed by atoms with Crippen LogP contribution >= 0.6 is 0 Å². The summed E-state index contributed by atoms with van der Waals surface area (Å²) in [5.41, 5.74) is 2.03. The van der Waals surface area contributed by atoms with Gasteiger partial charge >= 0.3 is 0 Å². The SMILES string of the molecule is Cc1ccc(-c2nnc(CCC(=O)NC(C)C(C)CO)o2)cc1. The largest absolute Gasteiger partial charge is 0.421 e. The number of benzene rings is 1. The number of aliphatic hydroxyl groups excluding tert-OH is 1. The molecule has 0 aliphatic carbocycles. The van der Waals surface area contributed by atoms with Crippen LogP contribution < -0.4 is 5.32 Å². The monoisotopic (exact) mass is 317 g/mol. The molecular formula is C17H23N3O3. The van der Waals surface area contributed by atoms with E-state index in [0.717, 1.165) is 11.1 Å². The van der Waals surface area contributed by atoms with Gasteiger partial charge in [-0.1, -0.05) is 24.6 Å². The van der Waals surface area contributed by atoms with Gasteiger partial charge in [0.25, 0.3) is 0 Å². The summed E-state index contributed by atoms with van der Waals surface area (Å²) in [6, 6.07) is 7.75. The predicted octanol–water partition coefficient (Wildman–Crippen LogP) is 2.11. The molecule has 2 N–H and O–H groups in total. The number of nitrogens with one attached hydrogen (secondary N) is 1. The van der Waals surface area contributed by atoms with Gasteiger partial charge in [0.1, 0.15) is 0 Å². The number of aliphatic hydroxyl groups is 1. The fourth-order valence-electron chi connectivity index (χ4n) is 2.01. The summed E-state index contributed by atoms with van der Waals surface area (Å²) in [5, 5.41) is 19.9. The van der Waals surface area contributed by atoms with E-state index in [1.807, 2.05) is 45.0 Å². The Morgan fingerprint density at radius 3 is 2.61 bits per heavy atom. The molecule has 0 saturated carbocycles. The van der Waals surface area contributed by atoms with Crippen LogP contribution in [0.15, 0.2) is 28.7 Å². The zero-order chi connectivity index (χ0) is 16.8. The number of carbonyl (C=O) groups excluding carboxylic acids is 1. The fourth-order valence-corrected chi connectivity index (χ4v) is 2.01. The maximum Gasteiger partial charge on any atom is 0.247 e. The van der Waals surface area contributed by atoms with Crippen molar-refractivity contribution in [2.45, 2.75) is 39.7 Å². The van der Waals surface area contributed by atoms with Crippen LogP contribution in [0.2, 0.25) is 0 Å². The second-order valence-corrected chi connectivity index (χ2v) is 5.88. The van der Waals surface area contributed by atoms with Crippen LogP contribution in [0.1, 0.15) is 31.7 Å². The molecule has 23 heavy (non-hydrogen) atoms. The number of amides is 1. The molecule has 2 atom stereocenters. The molecule has 0 radical (unpaired) electrons. The highest BCUT2D eigenvalue weighted by atomic mass is 16.4. The van der Waals surface area contributed by atoms with Gasteiger partial charge in [-0.25, -0.2) is 0 Å². The molecule has 6 heteroatoms. The summed E-state index contributed by atoms with van der Waals surface area (Å²) in [6.07, 6.45) is 0.670. The van der Waals surface area contributed by atoms with Crippen molar-refractivity contribution < 1.29 is 14.3 Å². The summed E-state index contributed by atoms with van der Waals surface area (Å²) in [7, 11) is 0. The highest BCUT2D eigenvalue weighted by molar-refractivity contribution is 5.76. The van der Waals surface area contributed by atoms with Crippen molar-refractivity contribution >= 4 is 5.91 Å². The van der Waals surface area contributed by atoms with Crippen molar-refractivity contribution in [3.8, 4) is 11.5 Å². The summed E-state index contributed by atoms with van der Waals surface area (Å²) in [6.45, 7) is 5.82. The third kappa shape index (κ3) is 4.89. The Balaban J connectivity index is 1.87. The van der Waals surface area contributed by atoms with E-state index >= 15 is 0 Å². The van der Waals surface area contributed by atoms with Crippen LogP contribution in [-0.4, -0.2) is 33.9 Å². The van der Waals surface area contributed by atoms with E-state index in [4.69, 9.17) is 9.52 Å². The standard InChI is InChI=1S/C17H23N3O3/c1-11-4-6-14(7-5-11)17-20-19-16(23-17)9-8-15(22)18-13(3)12(2)10-21/h4-7,12-13,21H,8-10H2,1-3H3,(H,18,22). The van der Waals surface area contributed by atoms with Crippen LogP contribution in [-0.2, 0) is 11.2 Å². The molecule has 1 heterocycles. The first-order valence-corrected chi connectivity index (χ1v) is 7.79. The van der Waals surface area contributed by atoms with Gasteiger partial charge in [-0.2, -0.15) is 0 Å². The normalized spacial score (nSPS) is 13.6.